The maximum atomic E-state index is 10.0. The first-order valence-electron chi connectivity index (χ1n) is 2.64. The Hall–Kier alpha value is -0.620. The summed E-state index contributed by atoms with van der Waals surface area (Å²) in [5.74, 6) is -0.815. The van der Waals surface area contributed by atoms with Crippen LogP contribution < -0.4 is 4.40 Å². The van der Waals surface area contributed by atoms with Gasteiger partial charge in [0.15, 0.2) is 0 Å². The molecule has 0 fully saturated rings. The van der Waals surface area contributed by atoms with Crippen LogP contribution in [0.4, 0.5) is 0 Å². The zero-order chi connectivity index (χ0) is 8.36. The minimum absolute atomic E-state index is 0.345. The van der Waals surface area contributed by atoms with Crippen molar-refractivity contribution in [1.29, 1.82) is 0 Å². The van der Waals surface area contributed by atoms with E-state index in [-0.39, 0.29) is 5.92 Å². The van der Waals surface area contributed by atoms with Crippen molar-refractivity contribution in [3.63, 3.8) is 0 Å². The zero-order valence-corrected chi connectivity index (χ0v) is 6.51. The maximum absolute atomic E-state index is 10.0. The van der Waals surface area contributed by atoms with Gasteiger partial charge >= 0.3 is 16.2 Å². The lowest BCUT2D eigenvalue weighted by atomic mass is 10.2. The van der Waals surface area contributed by atoms with E-state index in [9.17, 15) is 8.42 Å². The number of nitrogens with one attached hydrogen (secondary N) is 1. The molecular formula is C4H10NO4S+. The van der Waals surface area contributed by atoms with Crippen LogP contribution in [0.25, 0.3) is 0 Å². The smallest absolute Gasteiger partial charge is 0.462 e. The molecule has 0 atom stereocenters. The van der Waals surface area contributed by atoms with Crippen molar-refractivity contribution in [3.8, 4) is 0 Å². The highest BCUT2D eigenvalue weighted by Crippen LogP contribution is 1.85. The molecule has 0 aliphatic rings. The Balaban J connectivity index is 4.49. The largest absolute Gasteiger partial charge is 0.507 e. The Bertz CT molecular complexity index is 228. The van der Waals surface area contributed by atoms with Gasteiger partial charge in [0.1, 0.15) is 0 Å². The second kappa shape index (κ2) is 2.98. The van der Waals surface area contributed by atoms with Crippen LogP contribution in [0.15, 0.2) is 0 Å². The van der Waals surface area contributed by atoms with E-state index in [0.717, 1.165) is 0 Å². The van der Waals surface area contributed by atoms with Crippen molar-refractivity contribution in [1.82, 2.24) is 0 Å². The minimum atomic E-state index is -4.31. The number of hydrogen-bond acceptors (Lipinski definition) is 2. The van der Waals surface area contributed by atoms with Crippen LogP contribution >= 0.6 is 0 Å². The van der Waals surface area contributed by atoms with Crippen molar-refractivity contribution < 1.29 is 22.5 Å². The summed E-state index contributed by atoms with van der Waals surface area (Å²) in [5, 5.41) is 8.73. The summed E-state index contributed by atoms with van der Waals surface area (Å²) in [5.41, 5.74) is 0. The van der Waals surface area contributed by atoms with Crippen LogP contribution in [0.5, 0.6) is 0 Å². The fourth-order valence-electron chi connectivity index (χ4n) is 0.250. The highest BCUT2D eigenvalue weighted by molar-refractivity contribution is 7.78. The molecule has 0 rings (SSSR count). The molecule has 0 amide bonds. The average molecular weight is 168 g/mol. The van der Waals surface area contributed by atoms with E-state index in [1.54, 1.807) is 13.8 Å². The van der Waals surface area contributed by atoms with Gasteiger partial charge in [0.25, 0.3) is 0 Å². The number of rotatable bonds is 2. The molecule has 0 heterocycles. The Morgan fingerprint density at radius 3 is 2.00 bits per heavy atom. The topological polar surface area (TPSA) is 88.6 Å². The molecular weight excluding hydrogens is 158 g/mol. The SMILES string of the molecule is CC(C)C(O)=[NH+]S(=O)(=O)O. The van der Waals surface area contributed by atoms with E-state index in [1.807, 2.05) is 0 Å². The predicted octanol–water partition coefficient (Wildman–Crippen LogP) is -1.52. The van der Waals surface area contributed by atoms with E-state index >= 15 is 0 Å². The molecule has 0 aromatic rings. The lowest BCUT2D eigenvalue weighted by molar-refractivity contribution is -0.298. The summed E-state index contributed by atoms with van der Waals surface area (Å²) in [6.07, 6.45) is 0. The third-order valence-corrected chi connectivity index (χ3v) is 1.25. The van der Waals surface area contributed by atoms with Crippen LogP contribution in [-0.2, 0) is 10.3 Å². The predicted molar refractivity (Wildman–Crippen MR) is 35.0 cm³/mol. The molecule has 3 N–H and O–H groups in total. The van der Waals surface area contributed by atoms with Gasteiger partial charge in [0, 0.05) is 0 Å². The van der Waals surface area contributed by atoms with Crippen LogP contribution in [0.2, 0.25) is 0 Å². The maximum Gasteiger partial charge on any atom is 0.507 e. The van der Waals surface area contributed by atoms with Crippen molar-refractivity contribution in [2.24, 2.45) is 5.92 Å². The van der Waals surface area contributed by atoms with E-state index in [0.29, 0.717) is 0 Å². The third kappa shape index (κ3) is 4.28. The Morgan fingerprint density at radius 1 is 1.50 bits per heavy atom. The summed E-state index contributed by atoms with van der Waals surface area (Å²) in [4.78, 5) is 0. The van der Waals surface area contributed by atoms with Crippen molar-refractivity contribution >= 4 is 16.2 Å². The Kier molecular flexibility index (Phi) is 2.79. The molecule has 5 nitrogen and oxygen atoms in total. The minimum Gasteiger partial charge on any atom is -0.462 e. The van der Waals surface area contributed by atoms with Gasteiger partial charge in [-0.2, -0.15) is 0 Å². The summed E-state index contributed by atoms with van der Waals surface area (Å²) in [6, 6.07) is 0. The van der Waals surface area contributed by atoms with Gasteiger partial charge in [0.2, 0.25) is 0 Å². The molecule has 0 aromatic heterocycles. The van der Waals surface area contributed by atoms with Gasteiger partial charge in [-0.25, -0.2) is 4.55 Å². The van der Waals surface area contributed by atoms with E-state index in [1.165, 1.54) is 4.40 Å². The molecule has 0 unspecified atom stereocenters. The molecule has 0 saturated carbocycles. The first-order valence-corrected chi connectivity index (χ1v) is 4.08. The molecule has 0 bridgehead atoms. The van der Waals surface area contributed by atoms with Gasteiger partial charge in [0.05, 0.1) is 5.92 Å². The first kappa shape index (κ1) is 9.38. The quantitative estimate of drug-likeness (QED) is 0.265. The molecule has 0 aliphatic heterocycles. The van der Waals surface area contributed by atoms with Gasteiger partial charge in [-0.1, -0.05) is 4.40 Å². The summed E-state index contributed by atoms with van der Waals surface area (Å²) in [7, 11) is -4.31. The van der Waals surface area contributed by atoms with Crippen LogP contribution in [0.3, 0.4) is 0 Å². The molecule has 0 spiro atoms. The molecule has 0 saturated heterocycles. The standard InChI is InChI=1S/C4H9NO4S/c1-3(2)4(6)5-10(7,8)9/h3H,1-2H3,(H,5,6)(H,7,8,9)/p+1. The summed E-state index contributed by atoms with van der Waals surface area (Å²) in [6.45, 7) is 3.15. The Morgan fingerprint density at radius 2 is 1.90 bits per heavy atom. The highest BCUT2D eigenvalue weighted by atomic mass is 32.2. The van der Waals surface area contributed by atoms with Crippen molar-refractivity contribution in [3.05, 3.63) is 0 Å². The second-order valence-corrected chi connectivity index (χ2v) is 3.27. The van der Waals surface area contributed by atoms with Crippen molar-refractivity contribution in [2.75, 3.05) is 0 Å². The van der Waals surface area contributed by atoms with E-state index in [4.69, 9.17) is 9.66 Å². The molecule has 6 heteroatoms. The first-order chi connectivity index (χ1) is 4.33. The van der Waals surface area contributed by atoms with Crippen LogP contribution in [0, 0.1) is 5.92 Å². The monoisotopic (exact) mass is 168 g/mol. The van der Waals surface area contributed by atoms with Crippen LogP contribution in [-0.4, -0.2) is 24.0 Å². The van der Waals surface area contributed by atoms with Crippen LogP contribution in [0.1, 0.15) is 13.8 Å². The highest BCUT2D eigenvalue weighted by Gasteiger charge is 2.15. The molecule has 0 aromatic carbocycles. The van der Waals surface area contributed by atoms with Crippen molar-refractivity contribution in [2.45, 2.75) is 13.8 Å². The summed E-state index contributed by atoms with van der Waals surface area (Å²) >= 11 is 0. The second-order valence-electron chi connectivity index (χ2n) is 2.12. The third-order valence-electron chi connectivity index (χ3n) is 0.780. The number of aliphatic hydroxyl groups excluding tert-OH is 1. The zero-order valence-electron chi connectivity index (χ0n) is 5.70. The molecule has 10 heavy (non-hydrogen) atoms. The lowest BCUT2D eigenvalue weighted by Crippen LogP contribution is -2.77. The fraction of sp³-hybridized carbons (Fsp3) is 0.750. The molecule has 0 aliphatic carbocycles. The number of aliphatic hydroxyl groups is 1. The van der Waals surface area contributed by atoms with Gasteiger partial charge in [-0.05, 0) is 13.8 Å². The average Bonchev–Trinajstić information content (AvgIpc) is 1.60. The lowest BCUT2D eigenvalue weighted by Gasteiger charge is -1.91. The van der Waals surface area contributed by atoms with Gasteiger partial charge < -0.3 is 5.11 Å². The fourth-order valence-corrected chi connectivity index (χ4v) is 0.750. The molecule has 60 valence electrons. The Labute approximate surface area is 59.3 Å². The number of hydrogen-bond donors (Lipinski definition) is 3. The normalized spacial score (nSPS) is 14.2. The van der Waals surface area contributed by atoms with E-state index < -0.39 is 16.2 Å². The van der Waals surface area contributed by atoms with E-state index in [2.05, 4.69) is 0 Å². The van der Waals surface area contributed by atoms with Gasteiger partial charge in [-0.15, -0.1) is 8.42 Å². The van der Waals surface area contributed by atoms with Gasteiger partial charge in [-0.3, -0.25) is 0 Å². The molecule has 0 radical (unpaired) electrons. The summed E-state index contributed by atoms with van der Waals surface area (Å²) < 4.78 is 29.7.